The Morgan fingerprint density at radius 1 is 0.255 bits per heavy atom. The standard InChI is InChI=1S/C100H70B2N2O2/c1-97(2,3)61-27-23-29-63(55-61)103-85-58-86-84(57-83(85)101-81-47-19-21-49-89(81)105-91-53-59(51-87(103)95(91)101)65-37-25-39-73-71-35-11-17-45-79(71)99(93(65)73)75-41-13-7-31-67(75)68-32-8-14-42-76(68)99)102-82-48-20-22-50-90(82)106-92-54-60(52-88(96(92)102)104(86)64-30-24-28-62(56-64)98(4,5)6)66-38-26-40-74-72-36-12-18-46-80(72)100(94(66)74)77-43-15-9-33-69(77)70-34-10-16-44-78(70)100/h7-58H,1-6H3. The van der Waals surface area contributed by atoms with E-state index in [0.717, 1.165) is 90.1 Å². The molecule has 0 saturated carbocycles. The largest absolute Gasteiger partial charge is 0.458 e. The van der Waals surface area contributed by atoms with Gasteiger partial charge in [0.2, 0.25) is 0 Å². The van der Waals surface area contributed by atoms with Gasteiger partial charge in [-0.15, -0.1) is 0 Å². The Labute approximate surface area is 619 Å². The van der Waals surface area contributed by atoms with Gasteiger partial charge >= 0.3 is 0 Å². The first-order valence-electron chi connectivity index (χ1n) is 37.6. The van der Waals surface area contributed by atoms with Crippen molar-refractivity contribution < 1.29 is 9.47 Å². The van der Waals surface area contributed by atoms with Crippen LogP contribution in [0.25, 0.3) is 66.8 Å². The molecule has 15 aromatic carbocycles. The molecule has 6 heteroatoms. The number of benzene rings is 15. The van der Waals surface area contributed by atoms with E-state index in [4.69, 9.17) is 9.47 Å². The van der Waals surface area contributed by atoms with Gasteiger partial charge in [0, 0.05) is 34.1 Å². The highest BCUT2D eigenvalue weighted by atomic mass is 16.5. The van der Waals surface area contributed by atoms with Gasteiger partial charge in [-0.1, -0.05) is 290 Å². The predicted octanol–water partition coefficient (Wildman–Crippen LogP) is 21.1. The van der Waals surface area contributed by atoms with Crippen molar-refractivity contribution in [1.29, 1.82) is 0 Å². The van der Waals surface area contributed by atoms with E-state index in [-0.39, 0.29) is 24.3 Å². The normalized spacial score (nSPS) is 14.9. The van der Waals surface area contributed by atoms with Gasteiger partial charge < -0.3 is 19.3 Å². The quantitative estimate of drug-likeness (QED) is 0.164. The molecule has 4 aliphatic carbocycles. The van der Waals surface area contributed by atoms with E-state index in [2.05, 4.69) is 367 Å². The third-order valence-corrected chi connectivity index (χ3v) is 25.1. The van der Waals surface area contributed by atoms with Crippen LogP contribution in [0.1, 0.15) is 97.2 Å². The minimum atomic E-state index is -0.585. The Morgan fingerprint density at radius 2 is 0.566 bits per heavy atom. The molecule has 23 rings (SSSR count). The summed E-state index contributed by atoms with van der Waals surface area (Å²) in [6.07, 6.45) is 0. The van der Waals surface area contributed by atoms with Crippen molar-refractivity contribution in [3.05, 3.63) is 371 Å². The summed E-state index contributed by atoms with van der Waals surface area (Å²) in [5.41, 5.74) is 40.0. The summed E-state index contributed by atoms with van der Waals surface area (Å²) in [4.78, 5) is 5.24. The smallest absolute Gasteiger partial charge is 0.256 e. The maximum absolute atomic E-state index is 7.57. The van der Waals surface area contributed by atoms with E-state index in [9.17, 15) is 0 Å². The molecule has 15 aromatic rings. The lowest BCUT2D eigenvalue weighted by atomic mass is 9.31. The molecule has 0 unspecified atom stereocenters. The second kappa shape index (κ2) is 21.2. The van der Waals surface area contributed by atoms with Crippen LogP contribution in [-0.2, 0) is 21.7 Å². The molecule has 0 amide bonds. The molecule has 498 valence electrons. The first-order chi connectivity index (χ1) is 51.8. The Bertz CT molecular complexity index is 5930. The van der Waals surface area contributed by atoms with Crippen molar-refractivity contribution in [2.24, 2.45) is 0 Å². The zero-order valence-corrected chi connectivity index (χ0v) is 59.9. The highest BCUT2D eigenvalue weighted by Gasteiger charge is 2.56. The minimum absolute atomic E-state index is 0.158. The summed E-state index contributed by atoms with van der Waals surface area (Å²) >= 11 is 0. The molecule has 2 spiro atoms. The van der Waals surface area contributed by atoms with Gasteiger partial charge in [-0.05, 0) is 233 Å². The zero-order chi connectivity index (χ0) is 70.4. The maximum Gasteiger partial charge on any atom is 0.256 e. The number of anilines is 6. The monoisotopic (exact) mass is 1350 g/mol. The molecule has 0 aromatic heterocycles. The van der Waals surface area contributed by atoms with E-state index < -0.39 is 10.8 Å². The second-order valence-corrected chi connectivity index (χ2v) is 32.4. The molecule has 0 atom stereocenters. The van der Waals surface area contributed by atoms with Crippen molar-refractivity contribution in [3.63, 3.8) is 0 Å². The fraction of sp³-hybridized carbons (Fsp3) is 0.100. The Morgan fingerprint density at radius 3 is 0.934 bits per heavy atom. The molecule has 0 fully saturated rings. The zero-order valence-electron chi connectivity index (χ0n) is 59.9. The Balaban J connectivity index is 0.812. The van der Waals surface area contributed by atoms with Gasteiger partial charge in [-0.3, -0.25) is 0 Å². The van der Waals surface area contributed by atoms with Crippen LogP contribution in [0.3, 0.4) is 0 Å². The summed E-state index contributed by atoms with van der Waals surface area (Å²) in [5.74, 6) is 3.47. The minimum Gasteiger partial charge on any atom is -0.458 e. The van der Waals surface area contributed by atoms with Crippen molar-refractivity contribution in [3.8, 4) is 89.8 Å². The second-order valence-electron chi connectivity index (χ2n) is 32.4. The third-order valence-electron chi connectivity index (χ3n) is 25.1. The molecular weight excluding hydrogens is 1280 g/mol. The summed E-state index contributed by atoms with van der Waals surface area (Å²) in [5, 5.41) is 0. The first-order valence-corrected chi connectivity index (χ1v) is 37.6. The van der Waals surface area contributed by atoms with Crippen LogP contribution >= 0.6 is 0 Å². The van der Waals surface area contributed by atoms with Crippen LogP contribution < -0.4 is 52.1 Å². The number of hydrogen-bond acceptors (Lipinski definition) is 4. The highest BCUT2D eigenvalue weighted by Crippen LogP contribution is 2.67. The van der Waals surface area contributed by atoms with Gasteiger partial charge in [0.15, 0.2) is 0 Å². The molecule has 0 N–H and O–H groups in total. The number of hydrogen-bond donors (Lipinski definition) is 0. The number of nitrogens with zero attached hydrogens (tertiary/aromatic N) is 2. The molecule has 106 heavy (non-hydrogen) atoms. The SMILES string of the molecule is CC(C)(C)c1cccc(N2c3cc4c(cc3B3c5ccccc5Oc5cc(-c6cccc7c6C6(c8ccccc8-c8ccccc86)c6ccccc6-7)cc2c53)B2c3ccccc3Oc3cc(-c5cccc6c5C5(c7ccccc7-c7ccccc75)c5ccccc5-6)cc(c32)N4c2cccc(C(C)(C)C)c2)c1. The molecule has 4 aliphatic heterocycles. The summed E-state index contributed by atoms with van der Waals surface area (Å²) < 4.78 is 15.1. The van der Waals surface area contributed by atoms with Gasteiger partial charge in [0.25, 0.3) is 13.4 Å². The fourth-order valence-electron chi connectivity index (χ4n) is 20.8. The summed E-state index contributed by atoms with van der Waals surface area (Å²) in [7, 11) is 0. The van der Waals surface area contributed by atoms with Crippen LogP contribution in [0.2, 0.25) is 0 Å². The van der Waals surface area contributed by atoms with E-state index in [0.29, 0.717) is 0 Å². The first kappa shape index (κ1) is 60.1. The van der Waals surface area contributed by atoms with Gasteiger partial charge in [-0.2, -0.15) is 0 Å². The van der Waals surface area contributed by atoms with Crippen molar-refractivity contribution in [2.45, 2.75) is 63.2 Å². The third kappa shape index (κ3) is 7.75. The van der Waals surface area contributed by atoms with Crippen molar-refractivity contribution in [2.75, 3.05) is 9.80 Å². The molecule has 0 saturated heterocycles. The topological polar surface area (TPSA) is 24.9 Å². The van der Waals surface area contributed by atoms with Gasteiger partial charge in [0.1, 0.15) is 23.0 Å². The van der Waals surface area contributed by atoms with Crippen molar-refractivity contribution >= 4 is 80.3 Å². The van der Waals surface area contributed by atoms with E-state index >= 15 is 0 Å². The Hall–Kier alpha value is -12.4. The van der Waals surface area contributed by atoms with Crippen LogP contribution in [0.5, 0.6) is 23.0 Å². The number of ether oxygens (including phenoxy) is 2. The molecule has 4 nitrogen and oxygen atoms in total. The van der Waals surface area contributed by atoms with Crippen LogP contribution in [0, 0.1) is 0 Å². The Kier molecular flexibility index (Phi) is 12.0. The van der Waals surface area contributed by atoms with Gasteiger partial charge in [0.05, 0.1) is 10.8 Å². The van der Waals surface area contributed by atoms with Crippen LogP contribution in [0.15, 0.2) is 315 Å². The van der Waals surface area contributed by atoms with Crippen molar-refractivity contribution in [1.82, 2.24) is 0 Å². The van der Waals surface area contributed by atoms with E-state index in [1.165, 1.54) is 122 Å². The lowest BCUT2D eigenvalue weighted by molar-refractivity contribution is 0.487. The molecule has 0 radical (unpaired) electrons. The lowest BCUT2D eigenvalue weighted by Crippen LogP contribution is -2.63. The van der Waals surface area contributed by atoms with E-state index in [1.54, 1.807) is 0 Å². The summed E-state index contributed by atoms with van der Waals surface area (Å²) in [6.45, 7) is 13.6. The molecule has 4 heterocycles. The van der Waals surface area contributed by atoms with Crippen LogP contribution in [-0.4, -0.2) is 13.4 Å². The van der Waals surface area contributed by atoms with Crippen LogP contribution in [0.4, 0.5) is 34.1 Å². The maximum atomic E-state index is 7.57. The number of para-hydroxylation sites is 2. The summed E-state index contributed by atoms with van der Waals surface area (Å²) in [6, 6.07) is 121. The highest BCUT2D eigenvalue weighted by molar-refractivity contribution is 7.02. The fourth-order valence-corrected chi connectivity index (χ4v) is 20.8. The lowest BCUT2D eigenvalue weighted by Gasteiger charge is -2.44. The average Bonchev–Trinajstić information content (AvgIpc) is 1.43. The van der Waals surface area contributed by atoms with Gasteiger partial charge in [-0.25, -0.2) is 0 Å². The predicted molar refractivity (Wildman–Crippen MR) is 439 cm³/mol. The molecular formula is C100H70B2N2O2. The number of fused-ring (bicyclic) bond motifs is 28. The molecule has 8 aliphatic rings. The number of rotatable bonds is 4. The molecule has 0 bridgehead atoms. The van der Waals surface area contributed by atoms with E-state index in [1.807, 2.05) is 0 Å². The average molecular weight is 1350 g/mol.